The molecule has 298 valence electrons. The van der Waals surface area contributed by atoms with Crippen molar-refractivity contribution in [1.82, 2.24) is 0 Å². The predicted octanol–water partition coefficient (Wildman–Crippen LogP) is 16.9. The van der Waals surface area contributed by atoms with Crippen molar-refractivity contribution >= 4 is 32.7 Å². The summed E-state index contributed by atoms with van der Waals surface area (Å²) in [5.74, 6) is 0.000269. The fraction of sp³-hybridized carbons (Fsp3) is 0.0645. The monoisotopic (exact) mass is 804 g/mol. The van der Waals surface area contributed by atoms with Crippen LogP contribution in [-0.4, -0.2) is 0 Å². The van der Waals surface area contributed by atoms with Gasteiger partial charge in [0.05, 0.1) is 0 Å². The second-order valence-corrected chi connectivity index (χ2v) is 17.6. The quantitative estimate of drug-likeness (QED) is 0.146. The SMILES string of the molecule is CC1(C)c2cc(-c3cccc4c3oc3ccccc34)ccc2-c2ccc(C(c3ccc(-c4ccc(-c5ccccc5)cc4)cc3)c3ccc(-c4ccccc4)c4ccccc34)cc21. The van der Waals surface area contributed by atoms with Gasteiger partial charge < -0.3 is 4.42 Å². The lowest BCUT2D eigenvalue weighted by Gasteiger charge is -2.26. The highest BCUT2D eigenvalue weighted by Gasteiger charge is 2.37. The second kappa shape index (κ2) is 14.7. The predicted molar refractivity (Wildman–Crippen MR) is 264 cm³/mol. The van der Waals surface area contributed by atoms with Crippen molar-refractivity contribution in [3.63, 3.8) is 0 Å². The molecule has 1 heteroatoms. The molecule has 0 spiro atoms. The topological polar surface area (TPSA) is 13.1 Å². The van der Waals surface area contributed by atoms with E-state index in [2.05, 4.69) is 232 Å². The zero-order valence-electron chi connectivity index (χ0n) is 35.3. The van der Waals surface area contributed by atoms with Gasteiger partial charge in [0.25, 0.3) is 0 Å². The van der Waals surface area contributed by atoms with Gasteiger partial charge in [0, 0.05) is 27.7 Å². The van der Waals surface area contributed by atoms with Crippen molar-refractivity contribution in [3.05, 3.63) is 252 Å². The molecule has 1 aromatic heterocycles. The third kappa shape index (κ3) is 6.15. The number of rotatable bonds is 7. The van der Waals surface area contributed by atoms with E-state index in [4.69, 9.17) is 4.42 Å². The normalized spacial score (nSPS) is 13.3. The van der Waals surface area contributed by atoms with E-state index in [1.165, 1.54) is 88.7 Å². The summed E-state index contributed by atoms with van der Waals surface area (Å²) in [6.07, 6.45) is 0. The molecule has 12 rings (SSSR count). The van der Waals surface area contributed by atoms with Crippen LogP contribution in [0.1, 0.15) is 47.6 Å². The van der Waals surface area contributed by atoms with Crippen LogP contribution in [0.5, 0.6) is 0 Å². The lowest BCUT2D eigenvalue weighted by Crippen LogP contribution is -2.16. The van der Waals surface area contributed by atoms with Crippen molar-refractivity contribution in [1.29, 1.82) is 0 Å². The first-order chi connectivity index (χ1) is 31.0. The zero-order chi connectivity index (χ0) is 42.1. The maximum atomic E-state index is 6.51. The molecule has 0 saturated heterocycles. The third-order valence-corrected chi connectivity index (χ3v) is 13.7. The highest BCUT2D eigenvalue weighted by Crippen LogP contribution is 2.52. The molecule has 0 aliphatic heterocycles. The Morgan fingerprint density at radius 3 is 1.56 bits per heavy atom. The van der Waals surface area contributed by atoms with Crippen LogP contribution in [0.15, 0.2) is 229 Å². The van der Waals surface area contributed by atoms with E-state index in [9.17, 15) is 0 Å². The lowest BCUT2D eigenvalue weighted by atomic mass is 9.77. The van der Waals surface area contributed by atoms with Crippen LogP contribution in [0.25, 0.3) is 88.3 Å². The highest BCUT2D eigenvalue weighted by molar-refractivity contribution is 6.09. The fourth-order valence-electron chi connectivity index (χ4n) is 10.4. The Morgan fingerprint density at radius 2 is 0.841 bits per heavy atom. The minimum Gasteiger partial charge on any atom is -0.455 e. The fourth-order valence-corrected chi connectivity index (χ4v) is 10.4. The van der Waals surface area contributed by atoms with Crippen molar-refractivity contribution in [2.45, 2.75) is 25.2 Å². The minimum atomic E-state index is -0.224. The molecular weight excluding hydrogens is 761 g/mol. The molecule has 10 aromatic carbocycles. The molecule has 1 aliphatic rings. The Kier molecular flexibility index (Phi) is 8.66. The van der Waals surface area contributed by atoms with Gasteiger partial charge in [-0.1, -0.05) is 226 Å². The molecule has 0 amide bonds. The first-order valence-electron chi connectivity index (χ1n) is 22.0. The molecule has 0 N–H and O–H groups in total. The second-order valence-electron chi connectivity index (χ2n) is 17.6. The summed E-state index contributed by atoms with van der Waals surface area (Å²) in [6.45, 7) is 4.79. The van der Waals surface area contributed by atoms with E-state index in [-0.39, 0.29) is 11.3 Å². The maximum Gasteiger partial charge on any atom is 0.143 e. The Balaban J connectivity index is 0.972. The van der Waals surface area contributed by atoms with E-state index in [1.807, 2.05) is 6.07 Å². The molecular formula is C62H44O. The summed E-state index contributed by atoms with van der Waals surface area (Å²) < 4.78 is 6.51. The third-order valence-electron chi connectivity index (χ3n) is 13.7. The van der Waals surface area contributed by atoms with Crippen LogP contribution < -0.4 is 0 Å². The summed E-state index contributed by atoms with van der Waals surface area (Å²) in [4.78, 5) is 0. The van der Waals surface area contributed by atoms with Crippen molar-refractivity contribution in [2.24, 2.45) is 0 Å². The average molecular weight is 805 g/mol. The van der Waals surface area contributed by atoms with Gasteiger partial charge >= 0.3 is 0 Å². The molecule has 11 aromatic rings. The molecule has 1 nitrogen and oxygen atoms in total. The van der Waals surface area contributed by atoms with Crippen molar-refractivity contribution in [3.8, 4) is 55.6 Å². The van der Waals surface area contributed by atoms with E-state index in [0.717, 1.165) is 27.5 Å². The molecule has 1 unspecified atom stereocenters. The van der Waals surface area contributed by atoms with Gasteiger partial charge in [0.2, 0.25) is 0 Å². The van der Waals surface area contributed by atoms with Crippen molar-refractivity contribution < 1.29 is 4.42 Å². The van der Waals surface area contributed by atoms with Gasteiger partial charge in [-0.25, -0.2) is 0 Å². The number of benzene rings is 10. The van der Waals surface area contributed by atoms with E-state index < -0.39 is 0 Å². The zero-order valence-corrected chi connectivity index (χ0v) is 35.3. The number of furan rings is 1. The van der Waals surface area contributed by atoms with Crippen LogP contribution in [0.2, 0.25) is 0 Å². The number of fused-ring (bicyclic) bond motifs is 7. The van der Waals surface area contributed by atoms with Crippen LogP contribution in [0.3, 0.4) is 0 Å². The average Bonchev–Trinajstić information content (AvgIpc) is 3.84. The van der Waals surface area contributed by atoms with Gasteiger partial charge in [-0.15, -0.1) is 0 Å². The van der Waals surface area contributed by atoms with Gasteiger partial charge in [-0.05, 0) is 101 Å². The molecule has 1 atom stereocenters. The standard InChI is InChI=1S/C62H44O/c1-62(2)57-38-46(49-21-13-22-56-54-20-11-12-23-59(54)63-61(49)56)32-34-52(57)53-35-33-47(39-58(53)62)60(55-37-36-48(44-16-7-4-8-17-44)50-18-9-10-19-51(50)55)45-30-28-43(29-31-45)42-26-24-41(25-27-42)40-14-5-3-6-15-40/h3-39,60H,1-2H3. The Labute approximate surface area is 368 Å². The molecule has 0 radical (unpaired) electrons. The van der Waals surface area contributed by atoms with Gasteiger partial charge in [-0.3, -0.25) is 0 Å². The van der Waals surface area contributed by atoms with E-state index in [0.29, 0.717) is 0 Å². The van der Waals surface area contributed by atoms with Crippen molar-refractivity contribution in [2.75, 3.05) is 0 Å². The Bertz CT molecular complexity index is 3500. The largest absolute Gasteiger partial charge is 0.455 e. The first kappa shape index (κ1) is 37.1. The molecule has 0 fully saturated rings. The summed E-state index contributed by atoms with van der Waals surface area (Å²) >= 11 is 0. The molecule has 0 bridgehead atoms. The Hall–Kier alpha value is -7.74. The number of hydrogen-bond acceptors (Lipinski definition) is 1. The van der Waals surface area contributed by atoms with E-state index in [1.54, 1.807) is 0 Å². The van der Waals surface area contributed by atoms with Gasteiger partial charge in [0.1, 0.15) is 11.2 Å². The molecule has 0 saturated carbocycles. The lowest BCUT2D eigenvalue weighted by molar-refractivity contribution is 0.658. The summed E-state index contributed by atoms with van der Waals surface area (Å²) in [5, 5.41) is 4.85. The highest BCUT2D eigenvalue weighted by atomic mass is 16.3. The summed E-state index contributed by atoms with van der Waals surface area (Å²) in [6, 6.07) is 82.4. The van der Waals surface area contributed by atoms with Gasteiger partial charge in [0.15, 0.2) is 0 Å². The van der Waals surface area contributed by atoms with Crippen LogP contribution >= 0.6 is 0 Å². The van der Waals surface area contributed by atoms with E-state index >= 15 is 0 Å². The first-order valence-corrected chi connectivity index (χ1v) is 22.0. The van der Waals surface area contributed by atoms with Crippen LogP contribution in [0, 0.1) is 0 Å². The molecule has 1 heterocycles. The maximum absolute atomic E-state index is 6.51. The van der Waals surface area contributed by atoms with Gasteiger partial charge in [-0.2, -0.15) is 0 Å². The number of para-hydroxylation sites is 2. The minimum absolute atomic E-state index is 0.000269. The molecule has 1 aliphatic carbocycles. The number of hydrogen-bond donors (Lipinski definition) is 0. The Morgan fingerprint density at radius 1 is 0.333 bits per heavy atom. The molecule has 63 heavy (non-hydrogen) atoms. The van der Waals surface area contributed by atoms with Crippen LogP contribution in [0.4, 0.5) is 0 Å². The smallest absolute Gasteiger partial charge is 0.143 e. The summed E-state index contributed by atoms with van der Waals surface area (Å²) in [7, 11) is 0. The van der Waals surface area contributed by atoms with Crippen LogP contribution in [-0.2, 0) is 5.41 Å². The summed E-state index contributed by atoms with van der Waals surface area (Å²) in [5.41, 5.74) is 20.5.